The monoisotopic (exact) mass is 285 g/mol. The molecular weight excluding hydrogens is 262 g/mol. The van der Waals surface area contributed by atoms with Crippen molar-refractivity contribution in [2.45, 2.75) is 19.9 Å². The van der Waals surface area contributed by atoms with Crippen molar-refractivity contribution in [3.63, 3.8) is 0 Å². The Hall–Kier alpha value is -2.00. The highest BCUT2D eigenvalue weighted by atomic mass is 16.5. The predicted molar refractivity (Wildman–Crippen MR) is 86.2 cm³/mol. The first kappa shape index (κ1) is 15.4. The van der Waals surface area contributed by atoms with Gasteiger partial charge in [-0.2, -0.15) is 0 Å². The highest BCUT2D eigenvalue weighted by Crippen LogP contribution is 2.34. The van der Waals surface area contributed by atoms with Gasteiger partial charge in [-0.1, -0.05) is 31.2 Å². The smallest absolute Gasteiger partial charge is 0.124 e. The average Bonchev–Trinajstić information content (AvgIpc) is 2.53. The van der Waals surface area contributed by atoms with Crippen molar-refractivity contribution in [2.75, 3.05) is 20.8 Å². The molecule has 1 atom stereocenters. The van der Waals surface area contributed by atoms with E-state index in [-0.39, 0.29) is 6.04 Å². The SMILES string of the molecule is CCNC(c1ccccc1C)c1cc(OC)ccc1OC. The first-order chi connectivity index (χ1) is 10.2. The minimum absolute atomic E-state index is 0.0845. The first-order valence-corrected chi connectivity index (χ1v) is 7.22. The number of rotatable bonds is 6. The molecule has 0 bridgehead atoms. The molecule has 1 N–H and O–H groups in total. The third-order valence-electron chi connectivity index (χ3n) is 3.66. The lowest BCUT2D eigenvalue weighted by atomic mass is 9.94. The highest BCUT2D eigenvalue weighted by Gasteiger charge is 2.19. The molecule has 21 heavy (non-hydrogen) atoms. The van der Waals surface area contributed by atoms with E-state index < -0.39 is 0 Å². The molecule has 0 aliphatic heterocycles. The molecule has 2 rings (SSSR count). The maximum absolute atomic E-state index is 5.54. The summed E-state index contributed by atoms with van der Waals surface area (Å²) in [4.78, 5) is 0. The summed E-state index contributed by atoms with van der Waals surface area (Å²) >= 11 is 0. The van der Waals surface area contributed by atoms with Gasteiger partial charge in [-0.25, -0.2) is 0 Å². The Morgan fingerprint density at radius 3 is 2.38 bits per heavy atom. The third-order valence-corrected chi connectivity index (χ3v) is 3.66. The molecule has 0 fully saturated rings. The second-order valence-corrected chi connectivity index (χ2v) is 4.96. The van der Waals surface area contributed by atoms with Crippen molar-refractivity contribution in [3.8, 4) is 11.5 Å². The molecule has 0 radical (unpaired) electrons. The molecular formula is C18H23NO2. The lowest BCUT2D eigenvalue weighted by molar-refractivity contribution is 0.394. The van der Waals surface area contributed by atoms with Crippen LogP contribution in [0.3, 0.4) is 0 Å². The van der Waals surface area contributed by atoms with Gasteiger partial charge in [0.1, 0.15) is 11.5 Å². The van der Waals surface area contributed by atoms with Gasteiger partial charge in [-0.3, -0.25) is 0 Å². The summed E-state index contributed by atoms with van der Waals surface area (Å²) in [6, 6.07) is 14.4. The largest absolute Gasteiger partial charge is 0.497 e. The van der Waals surface area contributed by atoms with E-state index >= 15 is 0 Å². The number of hydrogen-bond donors (Lipinski definition) is 1. The molecule has 3 nitrogen and oxygen atoms in total. The zero-order valence-corrected chi connectivity index (χ0v) is 13.1. The fourth-order valence-corrected chi connectivity index (χ4v) is 2.57. The fourth-order valence-electron chi connectivity index (χ4n) is 2.57. The van der Waals surface area contributed by atoms with Crippen LogP contribution < -0.4 is 14.8 Å². The van der Waals surface area contributed by atoms with Gasteiger partial charge in [-0.05, 0) is 42.8 Å². The van der Waals surface area contributed by atoms with E-state index in [0.29, 0.717) is 0 Å². The van der Waals surface area contributed by atoms with E-state index in [2.05, 4.69) is 43.4 Å². The van der Waals surface area contributed by atoms with Crippen molar-refractivity contribution in [1.29, 1.82) is 0 Å². The molecule has 0 saturated carbocycles. The molecule has 2 aromatic carbocycles. The van der Waals surface area contributed by atoms with Gasteiger partial charge in [0.15, 0.2) is 0 Å². The van der Waals surface area contributed by atoms with Crippen molar-refractivity contribution < 1.29 is 9.47 Å². The second-order valence-electron chi connectivity index (χ2n) is 4.96. The van der Waals surface area contributed by atoms with Crippen LogP contribution in [0, 0.1) is 6.92 Å². The Bertz CT molecular complexity index is 596. The van der Waals surface area contributed by atoms with Gasteiger partial charge in [-0.15, -0.1) is 0 Å². The van der Waals surface area contributed by atoms with Crippen LogP contribution in [0.25, 0.3) is 0 Å². The van der Waals surface area contributed by atoms with Gasteiger partial charge >= 0.3 is 0 Å². The minimum atomic E-state index is 0.0845. The summed E-state index contributed by atoms with van der Waals surface area (Å²) in [6.45, 7) is 5.11. The van der Waals surface area contributed by atoms with Crippen LogP contribution in [0.15, 0.2) is 42.5 Å². The van der Waals surface area contributed by atoms with E-state index in [0.717, 1.165) is 23.6 Å². The van der Waals surface area contributed by atoms with Crippen molar-refractivity contribution in [2.24, 2.45) is 0 Å². The molecule has 0 heterocycles. The topological polar surface area (TPSA) is 30.5 Å². The first-order valence-electron chi connectivity index (χ1n) is 7.22. The molecule has 0 saturated heterocycles. The number of benzene rings is 2. The van der Waals surface area contributed by atoms with E-state index in [9.17, 15) is 0 Å². The molecule has 0 spiro atoms. The van der Waals surface area contributed by atoms with Crippen molar-refractivity contribution >= 4 is 0 Å². The van der Waals surface area contributed by atoms with Crippen LogP contribution in [-0.4, -0.2) is 20.8 Å². The highest BCUT2D eigenvalue weighted by molar-refractivity contribution is 5.47. The molecule has 0 aliphatic carbocycles. The lowest BCUT2D eigenvalue weighted by Crippen LogP contribution is -2.23. The number of ether oxygens (including phenoxy) is 2. The van der Waals surface area contributed by atoms with Gasteiger partial charge in [0.2, 0.25) is 0 Å². The normalized spacial score (nSPS) is 12.0. The van der Waals surface area contributed by atoms with Gasteiger partial charge in [0, 0.05) is 5.56 Å². The number of hydrogen-bond acceptors (Lipinski definition) is 3. The lowest BCUT2D eigenvalue weighted by Gasteiger charge is -2.23. The second kappa shape index (κ2) is 7.14. The van der Waals surface area contributed by atoms with E-state index in [4.69, 9.17) is 9.47 Å². The van der Waals surface area contributed by atoms with Gasteiger partial charge < -0.3 is 14.8 Å². The Morgan fingerprint density at radius 1 is 1.00 bits per heavy atom. The summed E-state index contributed by atoms with van der Waals surface area (Å²) < 4.78 is 10.9. The van der Waals surface area contributed by atoms with E-state index in [1.165, 1.54) is 11.1 Å². The van der Waals surface area contributed by atoms with Crippen molar-refractivity contribution in [3.05, 3.63) is 59.2 Å². The summed E-state index contributed by atoms with van der Waals surface area (Å²) in [7, 11) is 3.38. The van der Waals surface area contributed by atoms with Crippen LogP contribution in [0.2, 0.25) is 0 Å². The average molecular weight is 285 g/mol. The molecule has 112 valence electrons. The number of nitrogens with one attached hydrogen (secondary N) is 1. The fraction of sp³-hybridized carbons (Fsp3) is 0.333. The summed E-state index contributed by atoms with van der Waals surface area (Å²) in [5.41, 5.74) is 3.60. The quantitative estimate of drug-likeness (QED) is 0.877. The summed E-state index contributed by atoms with van der Waals surface area (Å²) in [5, 5.41) is 3.55. The summed E-state index contributed by atoms with van der Waals surface area (Å²) in [5.74, 6) is 1.70. The van der Waals surface area contributed by atoms with E-state index in [1.54, 1.807) is 14.2 Å². The van der Waals surface area contributed by atoms with Crippen LogP contribution in [0.5, 0.6) is 11.5 Å². The van der Waals surface area contributed by atoms with Crippen LogP contribution in [0.1, 0.15) is 29.7 Å². The molecule has 0 aromatic heterocycles. The molecule has 3 heteroatoms. The predicted octanol–water partition coefficient (Wildman–Crippen LogP) is 3.71. The van der Waals surface area contributed by atoms with Crippen LogP contribution in [0.4, 0.5) is 0 Å². The Kier molecular flexibility index (Phi) is 5.23. The number of methoxy groups -OCH3 is 2. The van der Waals surface area contributed by atoms with Crippen molar-refractivity contribution in [1.82, 2.24) is 5.32 Å². The minimum Gasteiger partial charge on any atom is -0.497 e. The standard InChI is InChI=1S/C18H23NO2/c1-5-19-18(15-9-7-6-8-13(15)2)16-12-14(20-3)10-11-17(16)21-4/h6-12,18-19H,5H2,1-4H3. The molecule has 2 aromatic rings. The van der Waals surface area contributed by atoms with Crippen LogP contribution in [-0.2, 0) is 0 Å². The zero-order chi connectivity index (χ0) is 15.2. The van der Waals surface area contributed by atoms with Gasteiger partial charge in [0.25, 0.3) is 0 Å². The van der Waals surface area contributed by atoms with Gasteiger partial charge in [0.05, 0.1) is 20.3 Å². The Morgan fingerprint density at radius 2 is 1.76 bits per heavy atom. The Labute approximate surface area is 126 Å². The molecule has 1 unspecified atom stereocenters. The number of aryl methyl sites for hydroxylation is 1. The third kappa shape index (κ3) is 3.37. The summed E-state index contributed by atoms with van der Waals surface area (Å²) in [6.07, 6.45) is 0. The Balaban J connectivity index is 2.54. The molecule has 0 amide bonds. The maximum atomic E-state index is 5.54. The van der Waals surface area contributed by atoms with E-state index in [1.807, 2.05) is 18.2 Å². The zero-order valence-electron chi connectivity index (χ0n) is 13.1. The molecule has 0 aliphatic rings. The maximum Gasteiger partial charge on any atom is 0.124 e. The van der Waals surface area contributed by atoms with Crippen LogP contribution >= 0.6 is 0 Å².